The van der Waals surface area contributed by atoms with E-state index in [1.807, 2.05) is 60.7 Å². The molecule has 0 fully saturated rings. The van der Waals surface area contributed by atoms with Crippen LogP contribution in [-0.4, -0.2) is 31.7 Å². The van der Waals surface area contributed by atoms with E-state index >= 15 is 0 Å². The van der Waals surface area contributed by atoms with Gasteiger partial charge in [-0.05, 0) is 89.3 Å². The second-order valence-electron chi connectivity index (χ2n) is 11.2. The Balaban J connectivity index is 1.29. The third-order valence-electron chi connectivity index (χ3n) is 8.09. The van der Waals surface area contributed by atoms with Gasteiger partial charge < -0.3 is 28.3 Å². The summed E-state index contributed by atoms with van der Waals surface area (Å²) in [6, 6.07) is 43.4. The number of benzene rings is 5. The van der Waals surface area contributed by atoms with Gasteiger partial charge in [0.1, 0.15) is 37.1 Å². The maximum Gasteiger partial charge on any atom is 0.191 e. The van der Waals surface area contributed by atoms with Crippen LogP contribution in [0.5, 0.6) is 17.2 Å². The van der Waals surface area contributed by atoms with Gasteiger partial charge >= 0.3 is 0 Å². The standard InChI is InChI=1S/C40H39NO5/c1-29-37-24-36(45-27-32-12-8-5-9-13-32)22-23-38(37)41(25-30-14-18-34(19-15-30)46-28-39(42-2)43-3)40(29)33-16-20-35(21-17-33)44-26-31-10-6-4-7-11-31/h4-24,39H,25-28H2,1-3H3. The van der Waals surface area contributed by atoms with Crippen molar-refractivity contribution in [3.05, 3.63) is 150 Å². The highest BCUT2D eigenvalue weighted by molar-refractivity contribution is 5.92. The Morgan fingerprint density at radius 3 is 1.72 bits per heavy atom. The molecule has 0 aliphatic heterocycles. The second kappa shape index (κ2) is 14.8. The predicted octanol–water partition coefficient (Wildman–Crippen LogP) is 8.82. The number of hydrogen-bond donors (Lipinski definition) is 0. The summed E-state index contributed by atoms with van der Waals surface area (Å²) in [6.07, 6.45) is -0.409. The summed E-state index contributed by atoms with van der Waals surface area (Å²) in [4.78, 5) is 0. The minimum atomic E-state index is -0.409. The molecule has 0 aliphatic carbocycles. The first-order valence-corrected chi connectivity index (χ1v) is 15.5. The number of rotatable bonds is 14. The van der Waals surface area contributed by atoms with Crippen molar-refractivity contribution in [3.8, 4) is 28.5 Å². The summed E-state index contributed by atoms with van der Waals surface area (Å²) in [5, 5.41) is 1.16. The van der Waals surface area contributed by atoms with E-state index in [0.717, 1.165) is 56.1 Å². The van der Waals surface area contributed by atoms with E-state index < -0.39 is 6.29 Å². The van der Waals surface area contributed by atoms with Crippen LogP contribution in [0.2, 0.25) is 0 Å². The van der Waals surface area contributed by atoms with Crippen LogP contribution in [0, 0.1) is 6.92 Å². The normalized spacial score (nSPS) is 11.2. The van der Waals surface area contributed by atoms with Gasteiger partial charge in [0.05, 0.1) is 5.69 Å². The van der Waals surface area contributed by atoms with Crippen molar-refractivity contribution >= 4 is 10.9 Å². The van der Waals surface area contributed by atoms with E-state index in [1.54, 1.807) is 14.2 Å². The summed E-state index contributed by atoms with van der Waals surface area (Å²) in [5.41, 5.74) is 8.06. The minimum absolute atomic E-state index is 0.317. The highest BCUT2D eigenvalue weighted by Crippen LogP contribution is 2.37. The molecule has 0 aliphatic rings. The van der Waals surface area contributed by atoms with Crippen molar-refractivity contribution in [2.24, 2.45) is 0 Å². The first-order valence-electron chi connectivity index (χ1n) is 15.5. The fraction of sp³-hybridized carbons (Fsp3) is 0.200. The first kappa shape index (κ1) is 31.0. The number of nitrogens with zero attached hydrogens (tertiary/aromatic N) is 1. The van der Waals surface area contributed by atoms with Gasteiger partial charge in [0, 0.05) is 31.7 Å². The lowest BCUT2D eigenvalue weighted by Gasteiger charge is -2.15. The number of hydrogen-bond acceptors (Lipinski definition) is 5. The molecule has 0 radical (unpaired) electrons. The SMILES string of the molecule is COC(COc1ccc(Cn2c(-c3ccc(OCc4ccccc4)cc3)c(C)c3cc(OCc4ccccc4)ccc32)cc1)OC. The number of methoxy groups -OCH3 is 2. The van der Waals surface area contributed by atoms with Crippen molar-refractivity contribution in [1.29, 1.82) is 0 Å². The summed E-state index contributed by atoms with van der Waals surface area (Å²) >= 11 is 0. The molecule has 0 saturated heterocycles. The summed E-state index contributed by atoms with van der Waals surface area (Å²) in [5.74, 6) is 2.45. The van der Waals surface area contributed by atoms with Gasteiger partial charge in [-0.2, -0.15) is 0 Å². The molecule has 6 heteroatoms. The lowest BCUT2D eigenvalue weighted by molar-refractivity contribution is -0.121. The van der Waals surface area contributed by atoms with Crippen LogP contribution in [0.3, 0.4) is 0 Å². The van der Waals surface area contributed by atoms with E-state index in [9.17, 15) is 0 Å². The number of aromatic nitrogens is 1. The Morgan fingerprint density at radius 1 is 0.565 bits per heavy atom. The van der Waals surface area contributed by atoms with Gasteiger partial charge in [0.2, 0.25) is 0 Å². The molecule has 6 nitrogen and oxygen atoms in total. The number of ether oxygens (including phenoxy) is 5. The van der Waals surface area contributed by atoms with Crippen LogP contribution >= 0.6 is 0 Å². The van der Waals surface area contributed by atoms with Crippen LogP contribution in [0.4, 0.5) is 0 Å². The Morgan fingerprint density at radius 2 is 1.11 bits per heavy atom. The van der Waals surface area contributed by atoms with Crippen molar-refractivity contribution in [1.82, 2.24) is 4.57 Å². The van der Waals surface area contributed by atoms with Crippen LogP contribution in [0.1, 0.15) is 22.3 Å². The smallest absolute Gasteiger partial charge is 0.191 e. The molecule has 5 aromatic carbocycles. The topological polar surface area (TPSA) is 51.1 Å². The molecule has 0 atom stereocenters. The Kier molecular flexibility index (Phi) is 9.98. The molecule has 6 rings (SSSR count). The van der Waals surface area contributed by atoms with E-state index in [1.165, 1.54) is 5.56 Å². The molecular weight excluding hydrogens is 574 g/mol. The maximum atomic E-state index is 6.22. The van der Waals surface area contributed by atoms with E-state index in [-0.39, 0.29) is 0 Å². The molecule has 46 heavy (non-hydrogen) atoms. The van der Waals surface area contributed by atoms with E-state index in [4.69, 9.17) is 23.7 Å². The molecule has 6 aromatic rings. The fourth-order valence-corrected chi connectivity index (χ4v) is 5.59. The van der Waals surface area contributed by atoms with Gasteiger partial charge in [-0.3, -0.25) is 0 Å². The van der Waals surface area contributed by atoms with Crippen molar-refractivity contribution in [2.75, 3.05) is 20.8 Å². The molecule has 1 aromatic heterocycles. The second-order valence-corrected chi connectivity index (χ2v) is 11.2. The Hall–Kier alpha value is -5.04. The molecule has 0 saturated carbocycles. The number of fused-ring (bicyclic) bond motifs is 1. The zero-order valence-electron chi connectivity index (χ0n) is 26.5. The average Bonchev–Trinajstić information content (AvgIpc) is 3.38. The van der Waals surface area contributed by atoms with Gasteiger partial charge in [-0.15, -0.1) is 0 Å². The van der Waals surface area contributed by atoms with Crippen molar-refractivity contribution in [3.63, 3.8) is 0 Å². The Labute approximate surface area is 270 Å². The summed E-state index contributed by atoms with van der Waals surface area (Å²) in [6.45, 7) is 4.25. The van der Waals surface area contributed by atoms with Crippen LogP contribution < -0.4 is 14.2 Å². The maximum absolute atomic E-state index is 6.22. The van der Waals surface area contributed by atoms with Gasteiger partial charge in [0.15, 0.2) is 6.29 Å². The largest absolute Gasteiger partial charge is 0.489 e. The molecule has 0 spiro atoms. The highest BCUT2D eigenvalue weighted by Gasteiger charge is 2.18. The average molecular weight is 614 g/mol. The third kappa shape index (κ3) is 7.42. The Bertz CT molecular complexity index is 1830. The highest BCUT2D eigenvalue weighted by atomic mass is 16.7. The zero-order chi connectivity index (χ0) is 31.7. The minimum Gasteiger partial charge on any atom is -0.489 e. The molecule has 0 unspecified atom stereocenters. The van der Waals surface area contributed by atoms with E-state index in [2.05, 4.69) is 78.2 Å². The van der Waals surface area contributed by atoms with Gasteiger partial charge in [-0.1, -0.05) is 72.8 Å². The number of aryl methyl sites for hydroxylation is 1. The van der Waals surface area contributed by atoms with Crippen molar-refractivity contribution in [2.45, 2.75) is 33.0 Å². The zero-order valence-corrected chi connectivity index (χ0v) is 26.5. The molecule has 1 heterocycles. The molecule has 0 amide bonds. The monoisotopic (exact) mass is 613 g/mol. The molecule has 234 valence electrons. The van der Waals surface area contributed by atoms with Crippen LogP contribution in [0.15, 0.2) is 127 Å². The fourth-order valence-electron chi connectivity index (χ4n) is 5.59. The lowest BCUT2D eigenvalue weighted by atomic mass is 10.1. The summed E-state index contributed by atoms with van der Waals surface area (Å²) < 4.78 is 31.0. The molecule has 0 bridgehead atoms. The lowest BCUT2D eigenvalue weighted by Crippen LogP contribution is -2.21. The third-order valence-corrected chi connectivity index (χ3v) is 8.09. The molecular formula is C40H39NO5. The van der Waals surface area contributed by atoms with Gasteiger partial charge in [0.25, 0.3) is 0 Å². The summed E-state index contributed by atoms with van der Waals surface area (Å²) in [7, 11) is 3.20. The molecule has 0 N–H and O–H groups in total. The van der Waals surface area contributed by atoms with Gasteiger partial charge in [-0.25, -0.2) is 0 Å². The van der Waals surface area contributed by atoms with Crippen molar-refractivity contribution < 1.29 is 23.7 Å². The van der Waals surface area contributed by atoms with Crippen LogP contribution in [-0.2, 0) is 29.2 Å². The first-order chi connectivity index (χ1) is 22.6. The van der Waals surface area contributed by atoms with E-state index in [0.29, 0.717) is 26.4 Å². The van der Waals surface area contributed by atoms with Crippen LogP contribution in [0.25, 0.3) is 22.2 Å². The quantitative estimate of drug-likeness (QED) is 0.115. The predicted molar refractivity (Wildman–Crippen MR) is 183 cm³/mol.